The lowest BCUT2D eigenvalue weighted by Gasteiger charge is -2.26. The molecule has 0 aliphatic carbocycles. The van der Waals surface area contributed by atoms with Gasteiger partial charge in [-0.15, -0.1) is 0 Å². The molecule has 0 aromatic heterocycles. The predicted octanol–water partition coefficient (Wildman–Crippen LogP) is 1.61. The van der Waals surface area contributed by atoms with Gasteiger partial charge in [0, 0.05) is 19.3 Å². The van der Waals surface area contributed by atoms with Gasteiger partial charge in [0.1, 0.15) is 0 Å². The van der Waals surface area contributed by atoms with Crippen molar-refractivity contribution in [3.63, 3.8) is 0 Å². The Hall–Kier alpha value is -2.25. The van der Waals surface area contributed by atoms with Crippen molar-refractivity contribution >= 4 is 17.9 Å². The van der Waals surface area contributed by atoms with Crippen LogP contribution in [0.4, 0.5) is 0 Å². The summed E-state index contributed by atoms with van der Waals surface area (Å²) >= 11 is 0. The summed E-state index contributed by atoms with van der Waals surface area (Å²) in [6.45, 7) is 0.813. The Morgan fingerprint density at radius 1 is 1.17 bits per heavy atom. The summed E-state index contributed by atoms with van der Waals surface area (Å²) in [6, 6.07) is 9.39. The Labute approximate surface area is 139 Å². The third-order valence-electron chi connectivity index (χ3n) is 3.75. The molecule has 1 aliphatic heterocycles. The molecule has 0 spiro atoms. The molecule has 2 N–H and O–H groups in total. The van der Waals surface area contributed by atoms with Crippen LogP contribution in [0, 0.1) is 0 Å². The van der Waals surface area contributed by atoms with E-state index in [9.17, 15) is 14.4 Å². The summed E-state index contributed by atoms with van der Waals surface area (Å²) in [7, 11) is 0. The number of hydrogen-bond acceptors (Lipinski definition) is 6. The van der Waals surface area contributed by atoms with Crippen molar-refractivity contribution in [2.75, 3.05) is 6.54 Å². The van der Waals surface area contributed by atoms with E-state index in [4.69, 9.17) is 14.6 Å². The third-order valence-corrected chi connectivity index (χ3v) is 3.75. The van der Waals surface area contributed by atoms with E-state index in [0.717, 1.165) is 12.0 Å². The highest BCUT2D eigenvalue weighted by molar-refractivity contribution is 5.90. The summed E-state index contributed by atoms with van der Waals surface area (Å²) in [5.41, 5.74) is -0.413. The predicted molar refractivity (Wildman–Crippen MR) is 83.8 cm³/mol. The SMILES string of the molecule is O=C(O)CCCC(=O)OC(=O)[C@]1(OCc2ccccc2)CCCN1. The second kappa shape index (κ2) is 8.56. The van der Waals surface area contributed by atoms with Crippen LogP contribution in [-0.2, 0) is 30.5 Å². The van der Waals surface area contributed by atoms with Crippen LogP contribution in [0.1, 0.15) is 37.7 Å². The number of carboxylic acids is 1. The fraction of sp³-hybridized carbons (Fsp3) is 0.471. The Balaban J connectivity index is 1.89. The summed E-state index contributed by atoms with van der Waals surface area (Å²) in [5, 5.41) is 11.5. The first-order valence-corrected chi connectivity index (χ1v) is 7.92. The number of benzene rings is 1. The van der Waals surface area contributed by atoms with E-state index in [1.54, 1.807) is 0 Å². The lowest BCUT2D eigenvalue weighted by molar-refractivity contribution is -0.183. The lowest BCUT2D eigenvalue weighted by atomic mass is 10.1. The molecule has 1 aromatic carbocycles. The molecule has 0 saturated carbocycles. The molecular weight excluding hydrogens is 314 g/mol. The zero-order valence-electron chi connectivity index (χ0n) is 13.3. The van der Waals surface area contributed by atoms with E-state index in [0.29, 0.717) is 13.0 Å². The van der Waals surface area contributed by atoms with Crippen LogP contribution in [0.5, 0.6) is 0 Å². The van der Waals surface area contributed by atoms with Crippen LogP contribution >= 0.6 is 0 Å². The van der Waals surface area contributed by atoms with Gasteiger partial charge in [0.15, 0.2) is 0 Å². The molecule has 0 unspecified atom stereocenters. The molecule has 1 fully saturated rings. The molecule has 1 aliphatic rings. The molecule has 2 rings (SSSR count). The normalized spacial score (nSPS) is 19.8. The molecule has 1 atom stereocenters. The average molecular weight is 335 g/mol. The molecule has 0 bridgehead atoms. The number of carboxylic acid groups (broad SMARTS) is 1. The topological polar surface area (TPSA) is 102 Å². The molecule has 130 valence electrons. The van der Waals surface area contributed by atoms with E-state index < -0.39 is 23.6 Å². The minimum Gasteiger partial charge on any atom is -0.481 e. The third kappa shape index (κ3) is 5.14. The maximum Gasteiger partial charge on any atom is 0.361 e. The number of aliphatic carboxylic acids is 1. The molecule has 0 amide bonds. The smallest absolute Gasteiger partial charge is 0.361 e. The van der Waals surface area contributed by atoms with Gasteiger partial charge in [0.05, 0.1) is 6.61 Å². The molecule has 7 nitrogen and oxygen atoms in total. The average Bonchev–Trinajstić information content (AvgIpc) is 3.04. The van der Waals surface area contributed by atoms with Gasteiger partial charge in [-0.05, 0) is 24.9 Å². The van der Waals surface area contributed by atoms with Gasteiger partial charge in [-0.3, -0.25) is 14.9 Å². The van der Waals surface area contributed by atoms with Crippen molar-refractivity contribution in [1.29, 1.82) is 0 Å². The number of ether oxygens (including phenoxy) is 2. The van der Waals surface area contributed by atoms with Gasteiger partial charge in [-0.1, -0.05) is 30.3 Å². The van der Waals surface area contributed by atoms with Crippen LogP contribution in [0.15, 0.2) is 30.3 Å². The number of esters is 2. The number of carbonyl (C=O) groups excluding carboxylic acids is 2. The van der Waals surface area contributed by atoms with Gasteiger partial charge >= 0.3 is 17.9 Å². The Bertz CT molecular complexity index is 580. The van der Waals surface area contributed by atoms with Gasteiger partial charge in [-0.2, -0.15) is 0 Å². The van der Waals surface area contributed by atoms with Crippen molar-refractivity contribution in [3.8, 4) is 0 Å². The minimum absolute atomic E-state index is 0.118. The fourth-order valence-corrected chi connectivity index (χ4v) is 2.47. The van der Waals surface area contributed by atoms with Crippen molar-refractivity contribution in [1.82, 2.24) is 5.32 Å². The molecule has 1 saturated heterocycles. The monoisotopic (exact) mass is 335 g/mol. The molecule has 1 heterocycles. The summed E-state index contributed by atoms with van der Waals surface area (Å²) in [6.07, 6.45) is 1.02. The van der Waals surface area contributed by atoms with E-state index in [1.165, 1.54) is 0 Å². The van der Waals surface area contributed by atoms with Crippen molar-refractivity contribution < 1.29 is 29.0 Å². The lowest BCUT2D eigenvalue weighted by Crippen LogP contribution is -2.51. The van der Waals surface area contributed by atoms with Gasteiger partial charge in [0.2, 0.25) is 5.72 Å². The fourth-order valence-electron chi connectivity index (χ4n) is 2.47. The van der Waals surface area contributed by atoms with E-state index in [1.807, 2.05) is 30.3 Å². The molecule has 1 aromatic rings. The van der Waals surface area contributed by atoms with E-state index in [-0.39, 0.29) is 25.9 Å². The summed E-state index contributed by atoms with van der Waals surface area (Å²) in [5.74, 6) is -2.50. The van der Waals surface area contributed by atoms with E-state index >= 15 is 0 Å². The number of carbonyl (C=O) groups is 3. The quantitative estimate of drug-likeness (QED) is 0.549. The van der Waals surface area contributed by atoms with Gasteiger partial charge < -0.3 is 14.6 Å². The Morgan fingerprint density at radius 3 is 2.54 bits per heavy atom. The maximum absolute atomic E-state index is 12.3. The van der Waals surface area contributed by atoms with Crippen LogP contribution < -0.4 is 5.32 Å². The number of rotatable bonds is 8. The van der Waals surface area contributed by atoms with Crippen molar-refractivity contribution in [2.24, 2.45) is 0 Å². The zero-order chi connectivity index (χ0) is 17.4. The number of hydrogen-bond donors (Lipinski definition) is 2. The number of nitrogens with one attached hydrogen (secondary N) is 1. The van der Waals surface area contributed by atoms with Crippen LogP contribution in [0.3, 0.4) is 0 Å². The highest BCUT2D eigenvalue weighted by Gasteiger charge is 2.44. The molecule has 24 heavy (non-hydrogen) atoms. The largest absolute Gasteiger partial charge is 0.481 e. The maximum atomic E-state index is 12.3. The molecule has 0 radical (unpaired) electrons. The first-order valence-electron chi connectivity index (χ1n) is 7.92. The van der Waals surface area contributed by atoms with Crippen LogP contribution in [0.25, 0.3) is 0 Å². The Morgan fingerprint density at radius 2 is 1.92 bits per heavy atom. The zero-order valence-corrected chi connectivity index (χ0v) is 13.3. The molecular formula is C17H21NO6. The van der Waals surface area contributed by atoms with Crippen LogP contribution in [0.2, 0.25) is 0 Å². The van der Waals surface area contributed by atoms with Crippen molar-refractivity contribution in [3.05, 3.63) is 35.9 Å². The summed E-state index contributed by atoms with van der Waals surface area (Å²) in [4.78, 5) is 34.5. The first-order chi connectivity index (χ1) is 11.5. The second-order valence-electron chi connectivity index (χ2n) is 5.64. The van der Waals surface area contributed by atoms with E-state index in [2.05, 4.69) is 5.32 Å². The highest BCUT2D eigenvalue weighted by atomic mass is 16.6. The molecule has 7 heteroatoms. The van der Waals surface area contributed by atoms with Crippen LogP contribution in [-0.4, -0.2) is 35.3 Å². The second-order valence-corrected chi connectivity index (χ2v) is 5.64. The Kier molecular flexibility index (Phi) is 6.45. The standard InChI is InChI=1S/C17H21NO6/c19-14(20)8-4-9-15(21)24-16(22)17(10-5-11-18-17)23-12-13-6-2-1-3-7-13/h1-3,6-7,18H,4-5,8-12H2,(H,19,20)/t17-/m1/s1. The highest BCUT2D eigenvalue weighted by Crippen LogP contribution is 2.24. The minimum atomic E-state index is -1.32. The van der Waals surface area contributed by atoms with Gasteiger partial charge in [-0.25, -0.2) is 4.79 Å². The van der Waals surface area contributed by atoms with Crippen molar-refractivity contribution in [2.45, 2.75) is 44.4 Å². The summed E-state index contributed by atoms with van der Waals surface area (Å²) < 4.78 is 10.6. The first kappa shape index (κ1) is 18.1. The van der Waals surface area contributed by atoms with Gasteiger partial charge in [0.25, 0.3) is 0 Å².